The number of hydrogen-bond donors (Lipinski definition) is 0. The van der Waals surface area contributed by atoms with Gasteiger partial charge in [-0.3, -0.25) is 4.98 Å². The topological polar surface area (TPSA) is 12.9 Å². The standard InChI is InChI=1S/C11H8FN/c12-10-6-4-9(5-7-10)11-3-1-2-8-13-11/h1-8H/i6D. The van der Waals surface area contributed by atoms with Crippen molar-refractivity contribution >= 4 is 0 Å². The Morgan fingerprint density at radius 1 is 1.15 bits per heavy atom. The van der Waals surface area contributed by atoms with Gasteiger partial charge in [-0.1, -0.05) is 6.07 Å². The normalized spacial score (nSPS) is 11.0. The van der Waals surface area contributed by atoms with Gasteiger partial charge >= 0.3 is 0 Å². The molecule has 13 heavy (non-hydrogen) atoms. The van der Waals surface area contributed by atoms with Crippen molar-refractivity contribution in [2.24, 2.45) is 0 Å². The maximum atomic E-state index is 12.8. The van der Waals surface area contributed by atoms with Crippen molar-refractivity contribution in [3.63, 3.8) is 0 Å². The lowest BCUT2D eigenvalue weighted by Gasteiger charge is -1.98. The second-order valence-electron chi connectivity index (χ2n) is 2.64. The van der Waals surface area contributed by atoms with E-state index in [1.54, 1.807) is 12.3 Å². The van der Waals surface area contributed by atoms with Crippen molar-refractivity contribution in [2.75, 3.05) is 0 Å². The first-order valence-corrected chi connectivity index (χ1v) is 3.95. The molecule has 2 aromatic rings. The summed E-state index contributed by atoms with van der Waals surface area (Å²) in [5.41, 5.74) is 1.51. The van der Waals surface area contributed by atoms with Gasteiger partial charge in [-0.25, -0.2) is 4.39 Å². The van der Waals surface area contributed by atoms with E-state index in [0.717, 1.165) is 11.3 Å². The van der Waals surface area contributed by atoms with Crippen LogP contribution in [0.15, 0.2) is 48.6 Å². The van der Waals surface area contributed by atoms with Crippen molar-refractivity contribution in [3.8, 4) is 11.3 Å². The van der Waals surface area contributed by atoms with Crippen LogP contribution >= 0.6 is 0 Å². The summed E-state index contributed by atoms with van der Waals surface area (Å²) in [6.45, 7) is 0. The van der Waals surface area contributed by atoms with Crippen LogP contribution in [0.5, 0.6) is 0 Å². The second kappa shape index (κ2) is 3.35. The van der Waals surface area contributed by atoms with Gasteiger partial charge in [-0.2, -0.15) is 0 Å². The molecule has 0 unspecified atom stereocenters. The summed E-state index contributed by atoms with van der Waals surface area (Å²) in [5, 5.41) is 0. The van der Waals surface area contributed by atoms with E-state index in [1.807, 2.05) is 18.2 Å². The van der Waals surface area contributed by atoms with Crippen molar-refractivity contribution in [1.29, 1.82) is 0 Å². The van der Waals surface area contributed by atoms with Gasteiger partial charge in [-0.05, 0) is 36.4 Å². The molecule has 0 aliphatic rings. The zero-order chi connectivity index (χ0) is 9.97. The van der Waals surface area contributed by atoms with Crippen LogP contribution in [0.1, 0.15) is 1.37 Å². The summed E-state index contributed by atoms with van der Waals surface area (Å²) >= 11 is 0. The fourth-order valence-corrected chi connectivity index (χ4v) is 1.10. The molecule has 2 heteroatoms. The van der Waals surface area contributed by atoms with Crippen LogP contribution in [-0.4, -0.2) is 4.98 Å². The Morgan fingerprint density at radius 3 is 2.77 bits per heavy atom. The summed E-state index contributed by atoms with van der Waals surface area (Å²) in [5.74, 6) is -0.510. The molecule has 0 aliphatic carbocycles. The third kappa shape index (κ3) is 1.72. The van der Waals surface area contributed by atoms with Crippen LogP contribution in [0.4, 0.5) is 4.39 Å². The van der Waals surface area contributed by atoms with E-state index in [2.05, 4.69) is 4.98 Å². The van der Waals surface area contributed by atoms with Gasteiger partial charge in [-0.15, -0.1) is 0 Å². The van der Waals surface area contributed by atoms with Gasteiger partial charge in [0.15, 0.2) is 0 Å². The summed E-state index contributed by atoms with van der Waals surface area (Å²) in [6, 6.07) is 9.77. The Labute approximate surface area is 77.3 Å². The molecule has 1 heterocycles. The van der Waals surface area contributed by atoms with E-state index in [1.165, 1.54) is 12.1 Å². The molecule has 1 nitrogen and oxygen atoms in total. The monoisotopic (exact) mass is 174 g/mol. The predicted molar refractivity (Wildman–Crippen MR) is 49.6 cm³/mol. The first-order valence-electron chi connectivity index (χ1n) is 4.45. The Balaban J connectivity index is 2.48. The lowest BCUT2D eigenvalue weighted by molar-refractivity contribution is 0.628. The Morgan fingerprint density at radius 2 is 2.08 bits per heavy atom. The highest BCUT2D eigenvalue weighted by molar-refractivity contribution is 5.58. The molecule has 0 saturated carbocycles. The zero-order valence-corrected chi connectivity index (χ0v) is 6.87. The largest absolute Gasteiger partial charge is 0.256 e. The third-order valence-corrected chi connectivity index (χ3v) is 1.74. The first kappa shape index (κ1) is 6.78. The SMILES string of the molecule is [2H]c1cc(-c2ccccn2)ccc1F. The van der Waals surface area contributed by atoms with Gasteiger partial charge in [0.1, 0.15) is 5.82 Å². The predicted octanol–water partition coefficient (Wildman–Crippen LogP) is 2.89. The first-order chi connectivity index (χ1) is 6.77. The van der Waals surface area contributed by atoms with Crippen molar-refractivity contribution < 1.29 is 5.76 Å². The number of benzene rings is 1. The Bertz CT molecular complexity index is 442. The van der Waals surface area contributed by atoms with Crippen LogP contribution in [0, 0.1) is 5.82 Å². The second-order valence-corrected chi connectivity index (χ2v) is 2.64. The minimum Gasteiger partial charge on any atom is -0.256 e. The molecule has 1 aromatic heterocycles. The number of pyridine rings is 1. The molecule has 0 N–H and O–H groups in total. The molecule has 0 atom stereocenters. The third-order valence-electron chi connectivity index (χ3n) is 1.74. The molecule has 0 bridgehead atoms. The summed E-state index contributed by atoms with van der Waals surface area (Å²) in [4.78, 5) is 4.11. The molecule has 2 rings (SSSR count). The van der Waals surface area contributed by atoms with Crippen LogP contribution in [-0.2, 0) is 0 Å². The highest BCUT2D eigenvalue weighted by atomic mass is 19.1. The van der Waals surface area contributed by atoms with Crippen LogP contribution < -0.4 is 0 Å². The minimum atomic E-state index is -0.510. The molecular weight excluding hydrogens is 165 g/mol. The Hall–Kier alpha value is -1.70. The lowest BCUT2D eigenvalue weighted by atomic mass is 10.1. The number of hydrogen-bond acceptors (Lipinski definition) is 1. The summed E-state index contributed by atoms with van der Waals surface area (Å²) in [7, 11) is 0. The van der Waals surface area contributed by atoms with Crippen molar-refractivity contribution in [2.45, 2.75) is 0 Å². The molecule has 0 radical (unpaired) electrons. The average molecular weight is 174 g/mol. The molecule has 0 fully saturated rings. The maximum Gasteiger partial charge on any atom is 0.123 e. The number of nitrogens with zero attached hydrogens (tertiary/aromatic N) is 1. The summed E-state index contributed by atoms with van der Waals surface area (Å²) in [6.07, 6.45) is 1.67. The molecule has 64 valence electrons. The fraction of sp³-hybridized carbons (Fsp3) is 0. The lowest BCUT2D eigenvalue weighted by Crippen LogP contribution is -1.81. The molecule has 0 spiro atoms. The highest BCUT2D eigenvalue weighted by Gasteiger charge is 1.96. The van der Waals surface area contributed by atoms with Crippen molar-refractivity contribution in [1.82, 2.24) is 4.98 Å². The number of halogens is 1. The average Bonchev–Trinajstić information content (AvgIpc) is 2.23. The molecule has 1 aromatic carbocycles. The number of rotatable bonds is 1. The van der Waals surface area contributed by atoms with E-state index in [0.29, 0.717) is 0 Å². The van der Waals surface area contributed by atoms with Gasteiger partial charge in [0.25, 0.3) is 0 Å². The number of aromatic nitrogens is 1. The molecule has 0 saturated heterocycles. The Kier molecular flexibility index (Phi) is 1.75. The fourth-order valence-electron chi connectivity index (χ4n) is 1.10. The quantitative estimate of drug-likeness (QED) is 0.647. The van der Waals surface area contributed by atoms with E-state index < -0.39 is 5.82 Å². The van der Waals surface area contributed by atoms with Crippen LogP contribution in [0.2, 0.25) is 0 Å². The van der Waals surface area contributed by atoms with Crippen molar-refractivity contribution in [3.05, 3.63) is 54.5 Å². The summed E-state index contributed by atoms with van der Waals surface area (Å²) < 4.78 is 20.1. The maximum absolute atomic E-state index is 12.8. The molecular formula is C11H8FN. The van der Waals surface area contributed by atoms with Gasteiger partial charge in [0.2, 0.25) is 0 Å². The van der Waals surface area contributed by atoms with Gasteiger partial charge < -0.3 is 0 Å². The minimum absolute atomic E-state index is 0.104. The van der Waals surface area contributed by atoms with E-state index in [4.69, 9.17) is 1.37 Å². The molecule has 0 aliphatic heterocycles. The zero-order valence-electron chi connectivity index (χ0n) is 7.87. The van der Waals surface area contributed by atoms with E-state index in [-0.39, 0.29) is 6.04 Å². The van der Waals surface area contributed by atoms with E-state index >= 15 is 0 Å². The highest BCUT2D eigenvalue weighted by Crippen LogP contribution is 2.15. The van der Waals surface area contributed by atoms with Gasteiger partial charge in [0.05, 0.1) is 7.06 Å². The van der Waals surface area contributed by atoms with Gasteiger partial charge in [0, 0.05) is 11.8 Å². The smallest absolute Gasteiger partial charge is 0.123 e. The van der Waals surface area contributed by atoms with Crippen LogP contribution in [0.25, 0.3) is 11.3 Å². The van der Waals surface area contributed by atoms with Crippen LogP contribution in [0.3, 0.4) is 0 Å². The van der Waals surface area contributed by atoms with E-state index in [9.17, 15) is 4.39 Å². The molecule has 0 amide bonds.